The molecule has 3 aromatic carbocycles. The highest BCUT2D eigenvalue weighted by molar-refractivity contribution is 6.22. The first-order chi connectivity index (χ1) is 17.6. The molecule has 2 aliphatic heterocycles. The number of phenols is 1. The van der Waals surface area contributed by atoms with Crippen LogP contribution in [0.4, 0.5) is 5.69 Å². The molecule has 4 atom stereocenters. The van der Waals surface area contributed by atoms with Crippen LogP contribution in [0.15, 0.2) is 72.8 Å². The van der Waals surface area contributed by atoms with Crippen LogP contribution in [-0.2, 0) is 9.59 Å². The molecule has 5 heteroatoms. The number of fused-ring (bicyclic) bond motifs is 6. The molecule has 3 aromatic rings. The zero-order valence-electron chi connectivity index (χ0n) is 20.1. The van der Waals surface area contributed by atoms with E-state index < -0.39 is 5.60 Å². The molecule has 1 N–H and O–H groups in total. The molecule has 182 valence electrons. The van der Waals surface area contributed by atoms with E-state index in [1.165, 1.54) is 4.90 Å². The number of benzene rings is 3. The third kappa shape index (κ3) is 3.08. The Morgan fingerprint density at radius 3 is 2.33 bits per heavy atom. The fraction of sp³-hybridized carbons (Fsp3) is 0.355. The molecular formula is C31H29NO4. The predicted molar refractivity (Wildman–Crippen MR) is 137 cm³/mol. The summed E-state index contributed by atoms with van der Waals surface area (Å²) in [4.78, 5) is 29.0. The van der Waals surface area contributed by atoms with Crippen molar-refractivity contribution in [2.45, 2.75) is 50.0 Å². The van der Waals surface area contributed by atoms with Gasteiger partial charge in [0.15, 0.2) is 0 Å². The molecule has 0 aromatic heterocycles. The molecule has 2 aliphatic carbocycles. The summed E-state index contributed by atoms with van der Waals surface area (Å²) in [5, 5.41) is 10.0. The van der Waals surface area contributed by atoms with Crippen molar-refractivity contribution < 1.29 is 19.4 Å². The SMILES string of the molecule is O=C1[C@@H]2[C@H]3[C@@H](CC[C@@H]2C(=O)N1c1ccccc1)c1cc(-c2cccc(O)c2)ccc1OC31CCCC1. The molecule has 1 saturated heterocycles. The Morgan fingerprint density at radius 1 is 0.806 bits per heavy atom. The summed E-state index contributed by atoms with van der Waals surface area (Å²) in [7, 11) is 0. The molecule has 0 unspecified atom stereocenters. The van der Waals surface area contributed by atoms with Gasteiger partial charge >= 0.3 is 0 Å². The molecule has 3 fully saturated rings. The second-order valence-electron chi connectivity index (χ2n) is 10.9. The van der Waals surface area contributed by atoms with E-state index in [1.807, 2.05) is 42.5 Å². The number of para-hydroxylation sites is 1. The molecule has 4 aliphatic rings. The van der Waals surface area contributed by atoms with Crippen molar-refractivity contribution in [3.63, 3.8) is 0 Å². The lowest BCUT2D eigenvalue weighted by molar-refractivity contribution is -0.133. The number of ether oxygens (including phenoxy) is 1. The molecule has 0 radical (unpaired) electrons. The average molecular weight is 480 g/mol. The fourth-order valence-electron chi connectivity index (χ4n) is 7.61. The molecule has 0 bridgehead atoms. The average Bonchev–Trinajstić information content (AvgIpc) is 3.47. The Labute approximate surface area is 210 Å². The van der Waals surface area contributed by atoms with Gasteiger partial charge in [0.25, 0.3) is 0 Å². The minimum atomic E-state index is -0.393. The first-order valence-corrected chi connectivity index (χ1v) is 13.1. The summed E-state index contributed by atoms with van der Waals surface area (Å²) in [5.74, 6) is 0.546. The maximum Gasteiger partial charge on any atom is 0.238 e. The lowest BCUT2D eigenvalue weighted by atomic mass is 9.57. The van der Waals surface area contributed by atoms with Crippen molar-refractivity contribution in [3.05, 3.63) is 78.4 Å². The van der Waals surface area contributed by atoms with E-state index in [-0.39, 0.29) is 41.2 Å². The number of carbonyl (C=O) groups is 2. The molecule has 5 nitrogen and oxygen atoms in total. The number of imide groups is 1. The monoisotopic (exact) mass is 479 g/mol. The zero-order valence-corrected chi connectivity index (χ0v) is 20.1. The number of amides is 2. The number of carbonyl (C=O) groups excluding carboxylic acids is 2. The summed E-state index contributed by atoms with van der Waals surface area (Å²) in [6.45, 7) is 0. The van der Waals surface area contributed by atoms with E-state index in [2.05, 4.69) is 18.2 Å². The highest BCUT2D eigenvalue weighted by Gasteiger charge is 2.64. The Kier molecular flexibility index (Phi) is 4.79. The van der Waals surface area contributed by atoms with E-state index in [0.717, 1.165) is 54.5 Å². The number of hydrogen-bond donors (Lipinski definition) is 1. The molecule has 7 rings (SSSR count). The van der Waals surface area contributed by atoms with Gasteiger partial charge in [-0.1, -0.05) is 36.4 Å². The van der Waals surface area contributed by atoms with Gasteiger partial charge in [0.05, 0.1) is 17.5 Å². The molecule has 2 amide bonds. The van der Waals surface area contributed by atoms with E-state index in [1.54, 1.807) is 12.1 Å². The second-order valence-corrected chi connectivity index (χ2v) is 10.9. The minimum Gasteiger partial charge on any atom is -0.508 e. The van der Waals surface area contributed by atoms with Gasteiger partial charge in [0.2, 0.25) is 11.8 Å². The third-order valence-electron chi connectivity index (χ3n) is 9.06. The van der Waals surface area contributed by atoms with E-state index >= 15 is 0 Å². The van der Waals surface area contributed by atoms with Crippen molar-refractivity contribution in [1.29, 1.82) is 0 Å². The van der Waals surface area contributed by atoms with Crippen LogP contribution in [0.2, 0.25) is 0 Å². The normalized spacial score (nSPS) is 27.9. The fourth-order valence-corrected chi connectivity index (χ4v) is 7.61. The summed E-state index contributed by atoms with van der Waals surface area (Å²) in [6.07, 6.45) is 5.61. The van der Waals surface area contributed by atoms with Crippen LogP contribution in [0.25, 0.3) is 11.1 Å². The summed E-state index contributed by atoms with van der Waals surface area (Å²) < 4.78 is 6.87. The van der Waals surface area contributed by atoms with E-state index in [0.29, 0.717) is 12.1 Å². The van der Waals surface area contributed by atoms with Crippen LogP contribution in [0, 0.1) is 17.8 Å². The van der Waals surface area contributed by atoms with Crippen LogP contribution in [-0.4, -0.2) is 22.5 Å². The van der Waals surface area contributed by atoms with Crippen molar-refractivity contribution in [2.24, 2.45) is 17.8 Å². The summed E-state index contributed by atoms with van der Waals surface area (Å²) in [6, 6.07) is 23.0. The van der Waals surface area contributed by atoms with Gasteiger partial charge in [-0.25, -0.2) is 0 Å². The molecule has 2 heterocycles. The Balaban J connectivity index is 1.34. The summed E-state index contributed by atoms with van der Waals surface area (Å²) in [5.41, 5.74) is 3.39. The maximum atomic E-state index is 14.0. The maximum absolute atomic E-state index is 14.0. The first-order valence-electron chi connectivity index (χ1n) is 13.1. The Hall–Kier alpha value is -3.60. The molecule has 2 saturated carbocycles. The molecule has 1 spiro atoms. The molecular weight excluding hydrogens is 450 g/mol. The molecule has 36 heavy (non-hydrogen) atoms. The predicted octanol–water partition coefficient (Wildman–Crippen LogP) is 6.06. The Bertz CT molecular complexity index is 1360. The van der Waals surface area contributed by atoms with Gasteiger partial charge in [0.1, 0.15) is 17.1 Å². The number of phenolic OH excluding ortho intramolecular Hbond substituents is 1. The number of aromatic hydroxyl groups is 1. The van der Waals surface area contributed by atoms with Gasteiger partial charge in [-0.05, 0) is 97.5 Å². The number of anilines is 1. The van der Waals surface area contributed by atoms with Crippen LogP contribution in [0.5, 0.6) is 11.5 Å². The van der Waals surface area contributed by atoms with E-state index in [9.17, 15) is 14.7 Å². The Morgan fingerprint density at radius 2 is 1.56 bits per heavy atom. The van der Waals surface area contributed by atoms with Crippen LogP contribution in [0.1, 0.15) is 50.0 Å². The topological polar surface area (TPSA) is 66.8 Å². The lowest BCUT2D eigenvalue weighted by Gasteiger charge is -2.52. The number of nitrogens with zero attached hydrogens (tertiary/aromatic N) is 1. The van der Waals surface area contributed by atoms with Crippen LogP contribution >= 0.6 is 0 Å². The van der Waals surface area contributed by atoms with Crippen molar-refractivity contribution >= 4 is 17.5 Å². The first kappa shape index (κ1) is 21.7. The van der Waals surface area contributed by atoms with Crippen LogP contribution in [0.3, 0.4) is 0 Å². The third-order valence-corrected chi connectivity index (χ3v) is 9.06. The number of hydrogen-bond acceptors (Lipinski definition) is 4. The van der Waals surface area contributed by atoms with Gasteiger partial charge in [-0.15, -0.1) is 0 Å². The van der Waals surface area contributed by atoms with Gasteiger partial charge < -0.3 is 9.84 Å². The lowest BCUT2D eigenvalue weighted by Crippen LogP contribution is -2.54. The second kappa shape index (κ2) is 7.95. The summed E-state index contributed by atoms with van der Waals surface area (Å²) >= 11 is 0. The van der Waals surface area contributed by atoms with Crippen LogP contribution < -0.4 is 9.64 Å². The van der Waals surface area contributed by atoms with Gasteiger partial charge in [-0.2, -0.15) is 0 Å². The highest BCUT2D eigenvalue weighted by Crippen LogP contribution is 2.61. The van der Waals surface area contributed by atoms with E-state index in [4.69, 9.17) is 4.74 Å². The quantitative estimate of drug-likeness (QED) is 0.454. The highest BCUT2D eigenvalue weighted by atomic mass is 16.5. The smallest absolute Gasteiger partial charge is 0.238 e. The standard InChI is InChI=1S/C31H29NO4/c33-22-10-6-7-19(17-22)20-11-14-26-25(18-20)23-12-13-24-27(28(23)31(36-26)15-4-5-16-31)30(35)32(29(24)34)21-8-2-1-3-9-21/h1-3,6-11,14,17-18,23-24,27-28,33H,4-5,12-13,15-16H2/t23-,24-,27-,28+/m0/s1. The largest absolute Gasteiger partial charge is 0.508 e. The van der Waals surface area contributed by atoms with Crippen molar-refractivity contribution in [3.8, 4) is 22.6 Å². The van der Waals surface area contributed by atoms with Crippen molar-refractivity contribution in [1.82, 2.24) is 0 Å². The van der Waals surface area contributed by atoms with Gasteiger partial charge in [-0.3, -0.25) is 14.5 Å². The van der Waals surface area contributed by atoms with Crippen molar-refractivity contribution in [2.75, 3.05) is 4.90 Å². The zero-order chi connectivity index (χ0) is 24.4. The van der Waals surface area contributed by atoms with Gasteiger partial charge in [0, 0.05) is 5.92 Å². The number of rotatable bonds is 2. The minimum absolute atomic E-state index is 0.0177.